The van der Waals surface area contributed by atoms with E-state index >= 15 is 0 Å². The number of aliphatic carboxylic acids is 1. The van der Waals surface area contributed by atoms with Crippen LogP contribution in [0.25, 0.3) is 0 Å². The Hall–Kier alpha value is -1.85. The van der Waals surface area contributed by atoms with Crippen molar-refractivity contribution in [3.63, 3.8) is 0 Å². The smallest absolute Gasteiger partial charge is 0.316 e. The van der Waals surface area contributed by atoms with Crippen LogP contribution in [0.1, 0.15) is 52.9 Å². The molecule has 1 N–H and O–H groups in total. The van der Waals surface area contributed by atoms with E-state index in [4.69, 9.17) is 9.47 Å². The fourth-order valence-electron chi connectivity index (χ4n) is 8.08. The molecule has 0 unspecified atom stereocenters. The molecule has 0 aromatic rings. The first-order valence-electron chi connectivity index (χ1n) is 9.95. The predicted octanol–water partition coefficient (Wildman–Crippen LogP) is 2.71. The first kappa shape index (κ1) is 17.3. The molecule has 4 bridgehead atoms. The number of carboxylic acid groups (broad SMARTS) is 1. The van der Waals surface area contributed by atoms with Crippen molar-refractivity contribution in [3.8, 4) is 0 Å². The van der Waals surface area contributed by atoms with Crippen molar-refractivity contribution < 1.29 is 29.0 Å². The highest BCUT2D eigenvalue weighted by Gasteiger charge is 2.83. The van der Waals surface area contributed by atoms with E-state index in [1.807, 2.05) is 19.1 Å². The van der Waals surface area contributed by atoms with E-state index in [0.29, 0.717) is 25.7 Å². The largest absolute Gasteiger partial charge is 0.481 e. The van der Waals surface area contributed by atoms with Crippen LogP contribution in [0.3, 0.4) is 0 Å². The molecule has 0 aromatic carbocycles. The molecule has 1 aliphatic heterocycles. The van der Waals surface area contributed by atoms with Gasteiger partial charge in [-0.25, -0.2) is 0 Å². The third-order valence-electron chi connectivity index (χ3n) is 8.71. The number of carbonyl (C=O) groups excluding carboxylic acids is 2. The molecular formula is C21H26O6. The van der Waals surface area contributed by atoms with Crippen LogP contribution in [-0.4, -0.2) is 34.2 Å². The Balaban J connectivity index is 1.69. The Labute approximate surface area is 158 Å². The molecule has 6 nitrogen and oxygen atoms in total. The molecule has 5 rings (SSSR count). The summed E-state index contributed by atoms with van der Waals surface area (Å²) in [6, 6.07) is 0. The van der Waals surface area contributed by atoms with Gasteiger partial charge in [0.1, 0.15) is 11.2 Å². The van der Waals surface area contributed by atoms with Crippen molar-refractivity contribution in [2.45, 2.75) is 64.1 Å². The molecule has 1 spiro atoms. The monoisotopic (exact) mass is 376 g/mol. The molecule has 6 heteroatoms. The lowest BCUT2D eigenvalue weighted by Gasteiger charge is -2.46. The number of fused-ring (bicyclic) bond motifs is 1. The van der Waals surface area contributed by atoms with Crippen LogP contribution in [0.2, 0.25) is 0 Å². The summed E-state index contributed by atoms with van der Waals surface area (Å²) < 4.78 is 11.9. The summed E-state index contributed by atoms with van der Waals surface area (Å²) in [5.74, 6) is -2.36. The second-order valence-corrected chi connectivity index (χ2v) is 9.79. The van der Waals surface area contributed by atoms with Crippen LogP contribution in [0.4, 0.5) is 0 Å². The van der Waals surface area contributed by atoms with E-state index in [-0.39, 0.29) is 29.7 Å². The number of hydrogen-bond acceptors (Lipinski definition) is 5. The fraction of sp³-hybridized carbons (Fsp3) is 0.762. The minimum Gasteiger partial charge on any atom is -0.481 e. The zero-order valence-corrected chi connectivity index (χ0v) is 16.0. The van der Waals surface area contributed by atoms with Crippen LogP contribution in [-0.2, 0) is 23.9 Å². The van der Waals surface area contributed by atoms with Gasteiger partial charge in [-0.2, -0.15) is 0 Å². The van der Waals surface area contributed by atoms with E-state index in [1.165, 1.54) is 6.92 Å². The Kier molecular flexibility index (Phi) is 3.04. The van der Waals surface area contributed by atoms with Crippen LogP contribution in [0.15, 0.2) is 12.2 Å². The topological polar surface area (TPSA) is 89.9 Å². The lowest BCUT2D eigenvalue weighted by atomic mass is 9.62. The standard InChI is InChI=1S/C21H26O6/c1-11-9-19-10-20(11,26-12(2)22)8-5-13(19)21-7-4-6-18(3,17(25)27-21)15(21)14(19)16(23)24/h4,6,11,13-15H,5,7-10H2,1-3H3,(H,23,24)/t11-,13-,14-,15-,18-,19+,20-,21-/m1/s1/i6+2. The van der Waals surface area contributed by atoms with Crippen molar-refractivity contribution >= 4 is 17.9 Å². The summed E-state index contributed by atoms with van der Waals surface area (Å²) in [6.07, 6.45) is 7.17. The SMILES string of the molecule is CC(=O)O[C@@]12CC[C@@H]3[C@](C[C@H]1C)(C2)[C@@H](C(=O)O)[C@H]1[C@@]32CC=[14CH][C@@]1(C)C(=O)O2. The minimum atomic E-state index is -0.886. The number of carboxylic acids is 1. The summed E-state index contributed by atoms with van der Waals surface area (Å²) in [7, 11) is 0. The van der Waals surface area contributed by atoms with Gasteiger partial charge in [-0.1, -0.05) is 19.1 Å². The molecule has 0 radical (unpaired) electrons. The minimum absolute atomic E-state index is 0.000424. The molecule has 5 aliphatic rings. The van der Waals surface area contributed by atoms with Gasteiger partial charge in [0.05, 0.1) is 11.3 Å². The summed E-state index contributed by atoms with van der Waals surface area (Å²) in [5.41, 5.74) is -2.69. The van der Waals surface area contributed by atoms with Crippen LogP contribution < -0.4 is 0 Å². The molecule has 27 heavy (non-hydrogen) atoms. The van der Waals surface area contributed by atoms with Crippen LogP contribution >= 0.6 is 0 Å². The number of esters is 2. The number of rotatable bonds is 2. The number of carbonyl (C=O) groups is 3. The van der Waals surface area contributed by atoms with E-state index in [2.05, 4.69) is 6.92 Å². The fourth-order valence-corrected chi connectivity index (χ4v) is 8.08. The summed E-state index contributed by atoms with van der Waals surface area (Å²) in [5, 5.41) is 10.3. The number of hydrogen-bond donors (Lipinski definition) is 1. The average Bonchev–Trinajstić information content (AvgIpc) is 2.96. The van der Waals surface area contributed by atoms with Crippen molar-refractivity contribution in [3.05, 3.63) is 12.2 Å². The predicted molar refractivity (Wildman–Crippen MR) is 93.4 cm³/mol. The highest BCUT2D eigenvalue weighted by molar-refractivity contribution is 5.86. The van der Waals surface area contributed by atoms with Crippen molar-refractivity contribution in [1.29, 1.82) is 0 Å². The van der Waals surface area contributed by atoms with E-state index in [9.17, 15) is 19.5 Å². The maximum absolute atomic E-state index is 12.8. The third-order valence-corrected chi connectivity index (χ3v) is 8.71. The third kappa shape index (κ3) is 1.71. The first-order chi connectivity index (χ1) is 12.6. The first-order valence-corrected chi connectivity index (χ1v) is 9.95. The Morgan fingerprint density at radius 2 is 2.15 bits per heavy atom. The highest BCUT2D eigenvalue weighted by Crippen LogP contribution is 2.78. The average molecular weight is 376 g/mol. The van der Waals surface area contributed by atoms with Gasteiger partial charge in [-0.3, -0.25) is 14.4 Å². The van der Waals surface area contributed by atoms with Crippen LogP contribution in [0.5, 0.6) is 0 Å². The van der Waals surface area contributed by atoms with E-state index in [1.54, 1.807) is 0 Å². The second kappa shape index (κ2) is 4.76. The van der Waals surface area contributed by atoms with E-state index < -0.39 is 33.9 Å². The summed E-state index contributed by atoms with van der Waals surface area (Å²) in [4.78, 5) is 37.2. The molecule has 3 saturated carbocycles. The summed E-state index contributed by atoms with van der Waals surface area (Å²) >= 11 is 0. The van der Waals surface area contributed by atoms with Gasteiger partial charge in [0, 0.05) is 25.2 Å². The van der Waals surface area contributed by atoms with Gasteiger partial charge in [-0.05, 0) is 43.9 Å². The maximum atomic E-state index is 12.8. The van der Waals surface area contributed by atoms with Gasteiger partial charge in [0.25, 0.3) is 0 Å². The number of ether oxygens (including phenoxy) is 2. The summed E-state index contributed by atoms with van der Waals surface area (Å²) in [6.45, 7) is 5.33. The zero-order valence-electron chi connectivity index (χ0n) is 16.0. The van der Waals surface area contributed by atoms with Gasteiger partial charge in [0.2, 0.25) is 0 Å². The quantitative estimate of drug-likeness (QED) is 0.589. The lowest BCUT2D eigenvalue weighted by Crippen LogP contribution is -2.49. The molecule has 1 saturated heterocycles. The Morgan fingerprint density at radius 3 is 2.81 bits per heavy atom. The van der Waals surface area contributed by atoms with Crippen molar-refractivity contribution in [2.24, 2.45) is 34.5 Å². The molecule has 8 atom stereocenters. The van der Waals surface area contributed by atoms with E-state index in [0.717, 1.165) is 6.42 Å². The van der Waals surface area contributed by atoms with Gasteiger partial charge in [0.15, 0.2) is 0 Å². The Bertz CT molecular complexity index is 802. The molecule has 0 amide bonds. The van der Waals surface area contributed by atoms with Crippen molar-refractivity contribution in [1.82, 2.24) is 0 Å². The molecule has 146 valence electrons. The normalized spacial score (nSPS) is 54.3. The molecule has 4 fully saturated rings. The molecule has 1 heterocycles. The second-order valence-electron chi connectivity index (χ2n) is 9.79. The maximum Gasteiger partial charge on any atom is 0.316 e. The van der Waals surface area contributed by atoms with Crippen molar-refractivity contribution in [2.75, 3.05) is 0 Å². The Morgan fingerprint density at radius 1 is 1.41 bits per heavy atom. The highest BCUT2D eigenvalue weighted by atomic mass is 16.6. The lowest BCUT2D eigenvalue weighted by molar-refractivity contribution is -0.172. The molecular weight excluding hydrogens is 350 g/mol. The zero-order chi connectivity index (χ0) is 19.4. The molecule has 4 aliphatic carbocycles. The van der Waals surface area contributed by atoms with Gasteiger partial charge in [-0.15, -0.1) is 0 Å². The van der Waals surface area contributed by atoms with Gasteiger partial charge >= 0.3 is 17.9 Å². The van der Waals surface area contributed by atoms with Gasteiger partial charge < -0.3 is 14.6 Å². The molecule has 0 aromatic heterocycles. The van der Waals surface area contributed by atoms with Crippen LogP contribution in [0, 0.1) is 34.5 Å².